The molecule has 0 spiro atoms. The van der Waals surface area contributed by atoms with Gasteiger partial charge in [-0.1, -0.05) is 163 Å². The molecule has 0 N–H and O–H groups in total. The maximum absolute atomic E-state index is 9.70. The van der Waals surface area contributed by atoms with E-state index < -0.39 is 234 Å². The molecule has 0 amide bonds. The van der Waals surface area contributed by atoms with E-state index >= 15 is 0 Å². The molecule has 0 aliphatic heterocycles. The molecule has 0 atom stereocenters. The summed E-state index contributed by atoms with van der Waals surface area (Å²) in [7, 11) is 0. The van der Waals surface area contributed by atoms with E-state index in [1.165, 1.54) is 0 Å². The molecule has 0 saturated carbocycles. The molecule has 52 heavy (non-hydrogen) atoms. The highest BCUT2D eigenvalue weighted by atomic mass is 16.3. The van der Waals surface area contributed by atoms with Crippen LogP contribution in [0.15, 0.2) is 168 Å². The molecule has 0 aliphatic carbocycles. The van der Waals surface area contributed by atoms with Gasteiger partial charge in [0.25, 0.3) is 0 Å². The molecule has 0 fully saturated rings. The summed E-state index contributed by atoms with van der Waals surface area (Å²) in [6.07, 6.45) is 0. The van der Waals surface area contributed by atoms with Crippen LogP contribution < -0.4 is 0 Å². The predicted molar refractivity (Wildman–Crippen MR) is 222 cm³/mol. The average molecular weight is 692 g/mol. The summed E-state index contributed by atoms with van der Waals surface area (Å²) < 4.78 is 251. The zero-order valence-electron chi connectivity index (χ0n) is 54.4. The van der Waals surface area contributed by atoms with Crippen LogP contribution in [0.5, 0.6) is 0 Å². The molecule has 9 aromatic carbocycles. The third-order valence-corrected chi connectivity index (χ3v) is 9.41. The standard InChI is InChI=1S/C51H36O/c1-31-32(2)46(49-45-26-14-25-40(35-15-5-4-6-16-35)51(45)52-50(49)33(31)3)48-43-22-11-9-20-41(43)47(42-21-10-12-23-44(42)48)37-29-27-36(28-30-37)39-24-13-18-34-17-7-8-19-38(34)39/h4-30H,1-3H3/i4D,5D,6D,7D,8D,9D,10D,11D,12D,13D,14D,15D,16D,17D,18D,19D,20D,21D,22D,23D,24D,25D,26D,27D,28D,29D,30D. The van der Waals surface area contributed by atoms with Crippen LogP contribution in [0.4, 0.5) is 0 Å². The maximum atomic E-state index is 9.70. The van der Waals surface area contributed by atoms with Crippen molar-refractivity contribution in [3.05, 3.63) is 180 Å². The van der Waals surface area contributed by atoms with E-state index in [2.05, 4.69) is 0 Å². The minimum Gasteiger partial charge on any atom is -0.455 e. The molecule has 1 heterocycles. The van der Waals surface area contributed by atoms with Crippen molar-refractivity contribution in [3.63, 3.8) is 0 Å². The van der Waals surface area contributed by atoms with Gasteiger partial charge >= 0.3 is 0 Å². The van der Waals surface area contributed by atoms with Crippen molar-refractivity contribution in [2.24, 2.45) is 0 Å². The van der Waals surface area contributed by atoms with Crippen molar-refractivity contribution in [2.75, 3.05) is 0 Å². The van der Waals surface area contributed by atoms with Gasteiger partial charge in [-0.25, -0.2) is 0 Å². The Labute approximate surface area is 341 Å². The van der Waals surface area contributed by atoms with Crippen molar-refractivity contribution < 1.29 is 41.4 Å². The van der Waals surface area contributed by atoms with Crippen LogP contribution in [0.1, 0.15) is 53.7 Å². The summed E-state index contributed by atoms with van der Waals surface area (Å²) in [6.45, 7) is 4.78. The molecule has 10 rings (SSSR count). The molecule has 246 valence electrons. The summed E-state index contributed by atoms with van der Waals surface area (Å²) >= 11 is 0. The second-order valence-corrected chi connectivity index (χ2v) is 12.0. The number of hydrogen-bond donors (Lipinski definition) is 0. The fourth-order valence-electron chi connectivity index (χ4n) is 6.82. The predicted octanol–water partition coefficient (Wildman–Crippen LogP) is 14.6. The summed E-state index contributed by atoms with van der Waals surface area (Å²) in [5, 5.41) is -3.85. The van der Waals surface area contributed by atoms with Crippen LogP contribution in [0.2, 0.25) is 0 Å². The summed E-state index contributed by atoms with van der Waals surface area (Å²) in [5.74, 6) is 0. The fraction of sp³-hybridized carbons (Fsp3) is 0.0588. The lowest BCUT2D eigenvalue weighted by atomic mass is 9.82. The fourth-order valence-corrected chi connectivity index (χ4v) is 6.82. The topological polar surface area (TPSA) is 13.1 Å². The second-order valence-electron chi connectivity index (χ2n) is 12.0. The molecule has 0 aliphatic rings. The van der Waals surface area contributed by atoms with E-state index in [9.17, 15) is 12.3 Å². The van der Waals surface area contributed by atoms with Gasteiger partial charge in [-0.3, -0.25) is 0 Å². The molecule has 0 unspecified atom stereocenters. The third-order valence-electron chi connectivity index (χ3n) is 9.41. The Kier molecular flexibility index (Phi) is 3.09. The van der Waals surface area contributed by atoms with Crippen molar-refractivity contribution >= 4 is 54.3 Å². The van der Waals surface area contributed by atoms with Crippen LogP contribution in [-0.2, 0) is 0 Å². The SMILES string of the molecule is [2H]c1c([2H])c([2H])c(-c2c([2H])c([2H])c([2H])c3c2oc2c(C)c(C)c(C)c(-c4c5c([2H])c([2H])c([2H])c([2H])c5c(-c5c([2H])c([2H])c(-c6c([2H])c([2H])c([2H])c7c([2H])c([2H])c([2H])c([2H])c67)c([2H])c5[2H])c5c([2H])c([2H])c([2H])c([2H])c45)c23)c([2H])c1[2H]. The Hall–Kier alpha value is -6.44. The van der Waals surface area contributed by atoms with Gasteiger partial charge < -0.3 is 4.42 Å². The lowest BCUT2D eigenvalue weighted by Gasteiger charge is -2.21. The highest BCUT2D eigenvalue weighted by molar-refractivity contribution is 6.27. The lowest BCUT2D eigenvalue weighted by molar-refractivity contribution is 0.666. The van der Waals surface area contributed by atoms with Crippen LogP contribution in [0.3, 0.4) is 0 Å². The summed E-state index contributed by atoms with van der Waals surface area (Å²) in [6, 6.07) is -23.4. The molecular weight excluding hydrogens is 629 g/mol. The third kappa shape index (κ3) is 4.49. The van der Waals surface area contributed by atoms with E-state index in [1.54, 1.807) is 20.8 Å². The van der Waals surface area contributed by atoms with Gasteiger partial charge in [0.15, 0.2) is 0 Å². The Bertz CT molecular complexity index is 4450. The molecule has 1 aromatic heterocycles. The van der Waals surface area contributed by atoms with Gasteiger partial charge in [0, 0.05) is 16.3 Å². The number of hydrogen-bond acceptors (Lipinski definition) is 1. The summed E-state index contributed by atoms with van der Waals surface area (Å²) in [4.78, 5) is 0. The number of aryl methyl sites for hydroxylation is 1. The number of benzene rings is 9. The van der Waals surface area contributed by atoms with E-state index in [0.717, 1.165) is 0 Å². The van der Waals surface area contributed by atoms with Crippen LogP contribution in [0.25, 0.3) is 98.8 Å². The van der Waals surface area contributed by atoms with Crippen LogP contribution >= 0.6 is 0 Å². The molecule has 1 heteroatoms. The first-order valence-electron chi connectivity index (χ1n) is 29.4. The molecule has 10 aromatic rings. The normalized spacial score (nSPS) is 19.0. The summed E-state index contributed by atoms with van der Waals surface area (Å²) in [5.41, 5.74) is -3.98. The van der Waals surface area contributed by atoms with Crippen molar-refractivity contribution in [2.45, 2.75) is 20.8 Å². The smallest absolute Gasteiger partial charge is 0.143 e. The first-order chi connectivity index (χ1) is 36.8. The zero-order chi connectivity index (χ0) is 58.4. The van der Waals surface area contributed by atoms with Crippen molar-refractivity contribution in [1.29, 1.82) is 0 Å². The minimum absolute atomic E-state index is 0.108. The van der Waals surface area contributed by atoms with Crippen molar-refractivity contribution in [3.8, 4) is 44.5 Å². The van der Waals surface area contributed by atoms with E-state index in [0.29, 0.717) is 11.1 Å². The Morgan fingerprint density at radius 1 is 0.346 bits per heavy atom. The molecular formula is C51H36O. The zero-order valence-corrected chi connectivity index (χ0v) is 27.4. The molecule has 0 radical (unpaired) electrons. The number of para-hydroxylation sites is 1. The molecule has 0 bridgehead atoms. The monoisotopic (exact) mass is 691 g/mol. The first kappa shape index (κ1) is 13.6. The highest BCUT2D eigenvalue weighted by Crippen LogP contribution is 2.50. The van der Waals surface area contributed by atoms with Gasteiger partial charge in [0.05, 0.1) is 37.0 Å². The van der Waals surface area contributed by atoms with Crippen LogP contribution in [-0.4, -0.2) is 0 Å². The van der Waals surface area contributed by atoms with E-state index in [4.69, 9.17) is 29.1 Å². The lowest BCUT2D eigenvalue weighted by Crippen LogP contribution is -1.96. The largest absolute Gasteiger partial charge is 0.455 e. The number of furan rings is 1. The number of rotatable bonds is 4. The number of fused-ring (bicyclic) bond motifs is 6. The van der Waals surface area contributed by atoms with Gasteiger partial charge in [-0.05, 0) is 109 Å². The van der Waals surface area contributed by atoms with E-state index in [1.807, 2.05) is 0 Å². The molecule has 1 nitrogen and oxygen atoms in total. The maximum Gasteiger partial charge on any atom is 0.143 e. The van der Waals surface area contributed by atoms with Gasteiger partial charge in [0.2, 0.25) is 0 Å². The Morgan fingerprint density at radius 2 is 0.846 bits per heavy atom. The van der Waals surface area contributed by atoms with Gasteiger partial charge in [-0.2, -0.15) is 0 Å². The quantitative estimate of drug-likeness (QED) is 0.167. The second kappa shape index (κ2) is 11.8. The first-order valence-corrected chi connectivity index (χ1v) is 15.9. The molecule has 0 saturated heterocycles. The van der Waals surface area contributed by atoms with E-state index in [-0.39, 0.29) is 33.0 Å². The minimum atomic E-state index is -1.04. The average Bonchev–Trinajstić information content (AvgIpc) is 4.04. The Morgan fingerprint density at radius 3 is 1.54 bits per heavy atom. The van der Waals surface area contributed by atoms with Gasteiger partial charge in [0.1, 0.15) is 11.2 Å². The van der Waals surface area contributed by atoms with Gasteiger partial charge in [-0.15, -0.1) is 0 Å². The van der Waals surface area contributed by atoms with Crippen molar-refractivity contribution in [1.82, 2.24) is 0 Å². The highest BCUT2D eigenvalue weighted by Gasteiger charge is 2.25. The Balaban J connectivity index is 1.48. The van der Waals surface area contributed by atoms with Crippen LogP contribution in [0, 0.1) is 20.8 Å².